The van der Waals surface area contributed by atoms with E-state index in [9.17, 15) is 13.2 Å². The number of ether oxygens (including phenoxy) is 2. The maximum Gasteiger partial charge on any atom is 0.262 e. The molecule has 0 fully saturated rings. The molecular weight excluding hydrogens is 452 g/mol. The fourth-order valence-electron chi connectivity index (χ4n) is 3.38. The van der Waals surface area contributed by atoms with Gasteiger partial charge in [-0.15, -0.1) is 0 Å². The molecule has 0 atom stereocenters. The standard InChI is InChI=1S/C26H24N2O5S/c1-2-32-22-14-10-21(11-15-22)28-34(30,31)23-16-12-20(13-17-23)27-26(29)18-33-25-9-5-7-19-6-3-4-8-24(19)25/h3-17,28H,2,18H2,1H3,(H,27,29). The van der Waals surface area contributed by atoms with Crippen molar-refractivity contribution in [1.29, 1.82) is 0 Å². The third-order valence-electron chi connectivity index (χ3n) is 4.97. The van der Waals surface area contributed by atoms with E-state index in [0.29, 0.717) is 29.5 Å². The SMILES string of the molecule is CCOc1ccc(NS(=O)(=O)c2ccc(NC(=O)COc3cccc4ccccc34)cc2)cc1. The number of hydrogen-bond acceptors (Lipinski definition) is 5. The lowest BCUT2D eigenvalue weighted by molar-refractivity contribution is -0.118. The van der Waals surface area contributed by atoms with E-state index in [-0.39, 0.29) is 17.4 Å². The summed E-state index contributed by atoms with van der Waals surface area (Å²) in [5.74, 6) is 0.932. The van der Waals surface area contributed by atoms with E-state index in [1.807, 2.05) is 49.4 Å². The lowest BCUT2D eigenvalue weighted by Gasteiger charge is -2.11. The molecule has 7 nitrogen and oxygen atoms in total. The van der Waals surface area contributed by atoms with Crippen molar-refractivity contribution in [2.75, 3.05) is 23.3 Å². The Kier molecular flexibility index (Phi) is 6.98. The first-order valence-corrected chi connectivity index (χ1v) is 12.2. The highest BCUT2D eigenvalue weighted by Crippen LogP contribution is 2.25. The van der Waals surface area contributed by atoms with Crippen molar-refractivity contribution >= 4 is 38.1 Å². The largest absolute Gasteiger partial charge is 0.494 e. The molecule has 0 aromatic heterocycles. The van der Waals surface area contributed by atoms with Crippen molar-refractivity contribution in [3.05, 3.63) is 91.0 Å². The molecule has 4 rings (SSSR count). The molecule has 0 spiro atoms. The van der Waals surface area contributed by atoms with E-state index in [1.165, 1.54) is 24.3 Å². The second-order valence-electron chi connectivity index (χ2n) is 7.40. The summed E-state index contributed by atoms with van der Waals surface area (Å²) in [7, 11) is -3.78. The topological polar surface area (TPSA) is 93.7 Å². The van der Waals surface area contributed by atoms with E-state index in [4.69, 9.17) is 9.47 Å². The molecule has 34 heavy (non-hydrogen) atoms. The van der Waals surface area contributed by atoms with Crippen LogP contribution < -0.4 is 19.5 Å². The summed E-state index contributed by atoms with van der Waals surface area (Å²) in [6.07, 6.45) is 0. The van der Waals surface area contributed by atoms with Crippen LogP contribution in [0.5, 0.6) is 11.5 Å². The number of carbonyl (C=O) groups excluding carboxylic acids is 1. The molecule has 0 saturated carbocycles. The Hall–Kier alpha value is -4.04. The summed E-state index contributed by atoms with van der Waals surface area (Å²) in [6, 6.07) is 26.0. The number of rotatable bonds is 9. The molecule has 1 amide bonds. The van der Waals surface area contributed by atoms with Gasteiger partial charge in [0.05, 0.1) is 11.5 Å². The van der Waals surface area contributed by atoms with Gasteiger partial charge in [-0.25, -0.2) is 8.42 Å². The fourth-order valence-corrected chi connectivity index (χ4v) is 4.44. The fraction of sp³-hybridized carbons (Fsp3) is 0.115. The summed E-state index contributed by atoms with van der Waals surface area (Å²) >= 11 is 0. The minimum atomic E-state index is -3.78. The number of nitrogens with one attached hydrogen (secondary N) is 2. The normalized spacial score (nSPS) is 11.1. The van der Waals surface area contributed by atoms with Crippen molar-refractivity contribution < 1.29 is 22.7 Å². The molecule has 4 aromatic rings. The van der Waals surface area contributed by atoms with E-state index in [0.717, 1.165) is 10.8 Å². The number of benzene rings is 4. The van der Waals surface area contributed by atoms with Gasteiger partial charge in [-0.05, 0) is 66.9 Å². The Morgan fingerprint density at radius 2 is 1.47 bits per heavy atom. The van der Waals surface area contributed by atoms with Crippen LogP contribution in [-0.4, -0.2) is 27.5 Å². The highest BCUT2D eigenvalue weighted by atomic mass is 32.2. The number of fused-ring (bicyclic) bond motifs is 1. The first-order valence-electron chi connectivity index (χ1n) is 10.7. The second kappa shape index (κ2) is 10.3. The van der Waals surface area contributed by atoms with Gasteiger partial charge in [0.1, 0.15) is 11.5 Å². The number of anilines is 2. The summed E-state index contributed by atoms with van der Waals surface area (Å²) in [5, 5.41) is 4.66. The molecule has 0 bridgehead atoms. The molecule has 0 radical (unpaired) electrons. The molecule has 0 aliphatic carbocycles. The van der Waals surface area contributed by atoms with Gasteiger partial charge >= 0.3 is 0 Å². The summed E-state index contributed by atoms with van der Waals surface area (Å²) in [5.41, 5.74) is 0.887. The number of carbonyl (C=O) groups is 1. The Labute approximate surface area is 198 Å². The Morgan fingerprint density at radius 3 is 2.21 bits per heavy atom. The predicted octanol–water partition coefficient (Wildman–Crippen LogP) is 5.06. The molecule has 0 saturated heterocycles. The maximum absolute atomic E-state index is 12.7. The molecule has 0 aliphatic heterocycles. The van der Waals surface area contributed by atoms with Crippen LogP contribution in [-0.2, 0) is 14.8 Å². The monoisotopic (exact) mass is 476 g/mol. The third-order valence-corrected chi connectivity index (χ3v) is 6.37. The molecule has 0 heterocycles. The minimum Gasteiger partial charge on any atom is -0.494 e. The van der Waals surface area contributed by atoms with Crippen LogP contribution in [0.1, 0.15) is 6.92 Å². The molecular formula is C26H24N2O5S. The number of sulfonamides is 1. The quantitative estimate of drug-likeness (QED) is 0.352. The number of hydrogen-bond donors (Lipinski definition) is 2. The Morgan fingerprint density at radius 1 is 0.794 bits per heavy atom. The average Bonchev–Trinajstić information content (AvgIpc) is 2.84. The van der Waals surface area contributed by atoms with E-state index in [1.54, 1.807) is 24.3 Å². The van der Waals surface area contributed by atoms with Crippen molar-refractivity contribution in [2.24, 2.45) is 0 Å². The van der Waals surface area contributed by atoms with Crippen LogP contribution in [0.2, 0.25) is 0 Å². The smallest absolute Gasteiger partial charge is 0.262 e. The van der Waals surface area contributed by atoms with Gasteiger partial charge in [0, 0.05) is 16.8 Å². The molecule has 0 aliphatic rings. The van der Waals surface area contributed by atoms with E-state index >= 15 is 0 Å². The first kappa shape index (κ1) is 23.1. The van der Waals surface area contributed by atoms with Gasteiger partial charge in [0.2, 0.25) is 0 Å². The second-order valence-corrected chi connectivity index (χ2v) is 9.08. The van der Waals surface area contributed by atoms with Crippen molar-refractivity contribution in [3.63, 3.8) is 0 Å². The molecule has 2 N–H and O–H groups in total. The van der Waals surface area contributed by atoms with Crippen molar-refractivity contribution in [2.45, 2.75) is 11.8 Å². The maximum atomic E-state index is 12.7. The van der Waals surface area contributed by atoms with Gasteiger partial charge in [-0.2, -0.15) is 0 Å². The van der Waals surface area contributed by atoms with Gasteiger partial charge in [0.15, 0.2) is 6.61 Å². The van der Waals surface area contributed by atoms with Crippen LogP contribution in [0.4, 0.5) is 11.4 Å². The number of amides is 1. The lowest BCUT2D eigenvalue weighted by atomic mass is 10.1. The zero-order valence-electron chi connectivity index (χ0n) is 18.5. The summed E-state index contributed by atoms with van der Waals surface area (Å²) in [6.45, 7) is 2.23. The van der Waals surface area contributed by atoms with Crippen molar-refractivity contribution in [3.8, 4) is 11.5 Å². The van der Waals surface area contributed by atoms with Gasteiger partial charge in [-0.1, -0.05) is 36.4 Å². The summed E-state index contributed by atoms with van der Waals surface area (Å²) < 4.78 is 38.9. The highest BCUT2D eigenvalue weighted by Gasteiger charge is 2.15. The van der Waals surface area contributed by atoms with Gasteiger partial charge < -0.3 is 14.8 Å². The third kappa shape index (κ3) is 5.65. The van der Waals surface area contributed by atoms with Crippen LogP contribution >= 0.6 is 0 Å². The summed E-state index contributed by atoms with van der Waals surface area (Å²) in [4.78, 5) is 12.4. The highest BCUT2D eigenvalue weighted by molar-refractivity contribution is 7.92. The molecule has 174 valence electrons. The minimum absolute atomic E-state index is 0.0754. The Bertz CT molecular complexity index is 1380. The zero-order chi connectivity index (χ0) is 24.0. The van der Waals surface area contributed by atoms with E-state index < -0.39 is 10.0 Å². The van der Waals surface area contributed by atoms with Gasteiger partial charge in [0.25, 0.3) is 15.9 Å². The molecule has 0 unspecified atom stereocenters. The van der Waals surface area contributed by atoms with E-state index in [2.05, 4.69) is 10.0 Å². The molecule has 8 heteroatoms. The van der Waals surface area contributed by atoms with Crippen LogP contribution in [0.25, 0.3) is 10.8 Å². The molecule has 4 aromatic carbocycles. The lowest BCUT2D eigenvalue weighted by Crippen LogP contribution is -2.20. The average molecular weight is 477 g/mol. The Balaban J connectivity index is 1.35. The zero-order valence-corrected chi connectivity index (χ0v) is 19.3. The first-order chi connectivity index (χ1) is 16.4. The van der Waals surface area contributed by atoms with Crippen LogP contribution in [0.15, 0.2) is 95.9 Å². The van der Waals surface area contributed by atoms with Crippen LogP contribution in [0.3, 0.4) is 0 Å². The van der Waals surface area contributed by atoms with Gasteiger partial charge in [-0.3, -0.25) is 9.52 Å². The van der Waals surface area contributed by atoms with Crippen molar-refractivity contribution in [1.82, 2.24) is 0 Å². The van der Waals surface area contributed by atoms with Crippen LogP contribution in [0, 0.1) is 0 Å². The predicted molar refractivity (Wildman–Crippen MR) is 133 cm³/mol.